The summed E-state index contributed by atoms with van der Waals surface area (Å²) in [5, 5.41) is 3.08. The number of likely N-dealkylation sites (N-methyl/N-ethyl adjacent to an activating group) is 1. The van der Waals surface area contributed by atoms with E-state index in [1.165, 1.54) is 0 Å². The molecule has 0 aromatic heterocycles. The minimum Gasteiger partial charge on any atom is -0.377 e. The number of nitrogens with one attached hydrogen (secondary N) is 1. The van der Waals surface area contributed by atoms with Crippen LogP contribution in [0.1, 0.15) is 49.4 Å². The number of benzene rings is 1. The maximum Gasteiger partial charge on any atom is 0.251 e. The number of ether oxygens (including phenoxy) is 2. The highest BCUT2D eigenvalue weighted by atomic mass is 16.5. The number of likely N-dealkylation sites (tertiary alicyclic amines) is 1. The third-order valence-corrected chi connectivity index (χ3v) is 8.71. The summed E-state index contributed by atoms with van der Waals surface area (Å²) in [6.45, 7) is 7.58. The zero-order valence-corrected chi connectivity index (χ0v) is 22.1. The molecule has 0 spiro atoms. The third-order valence-electron chi connectivity index (χ3n) is 8.71. The van der Waals surface area contributed by atoms with Gasteiger partial charge in [0.25, 0.3) is 5.91 Å². The molecule has 1 saturated carbocycles. The van der Waals surface area contributed by atoms with Gasteiger partial charge in [-0.25, -0.2) is 0 Å². The number of amides is 2. The van der Waals surface area contributed by atoms with Crippen LogP contribution in [0.3, 0.4) is 0 Å². The maximum absolute atomic E-state index is 13.9. The van der Waals surface area contributed by atoms with E-state index in [9.17, 15) is 14.4 Å². The molecule has 37 heavy (non-hydrogen) atoms. The number of rotatable bonds is 7. The van der Waals surface area contributed by atoms with Gasteiger partial charge < -0.3 is 29.5 Å². The Balaban J connectivity index is 1.30. The van der Waals surface area contributed by atoms with Crippen molar-refractivity contribution in [1.29, 1.82) is 0 Å². The van der Waals surface area contributed by atoms with Gasteiger partial charge in [-0.3, -0.25) is 14.4 Å². The highest BCUT2D eigenvalue weighted by Gasteiger charge is 2.54. The van der Waals surface area contributed by atoms with Gasteiger partial charge in [0.1, 0.15) is 30.9 Å². The van der Waals surface area contributed by atoms with Crippen LogP contribution < -0.4 is 10.2 Å². The van der Waals surface area contributed by atoms with Gasteiger partial charge in [-0.2, -0.15) is 0 Å². The number of hydrogen-bond acceptors (Lipinski definition) is 7. The van der Waals surface area contributed by atoms with E-state index in [1.807, 2.05) is 24.3 Å². The molecule has 3 aliphatic heterocycles. The number of hydrogen-bond donors (Lipinski definition) is 1. The fourth-order valence-corrected chi connectivity index (χ4v) is 6.44. The minimum atomic E-state index is -0.667. The molecule has 4 atom stereocenters. The van der Waals surface area contributed by atoms with E-state index in [0.29, 0.717) is 12.1 Å². The summed E-state index contributed by atoms with van der Waals surface area (Å²) >= 11 is 0. The van der Waals surface area contributed by atoms with Crippen LogP contribution in [0.25, 0.3) is 0 Å². The SMILES string of the molecule is CCN1CCN(c2ccc(C(=O)N[C@H](C(=O)N3C[C@H](OC)[C@H]4OCC(=O)[C@H]43)C3CCCCC3)cc2)CC1. The van der Waals surface area contributed by atoms with Gasteiger partial charge in [-0.15, -0.1) is 0 Å². The number of methoxy groups -OCH3 is 1. The van der Waals surface area contributed by atoms with Crippen LogP contribution in [0.2, 0.25) is 0 Å². The molecule has 4 fully saturated rings. The van der Waals surface area contributed by atoms with Crippen molar-refractivity contribution in [2.24, 2.45) is 5.92 Å². The lowest BCUT2D eigenvalue weighted by molar-refractivity contribution is -0.139. The van der Waals surface area contributed by atoms with Gasteiger partial charge in [-0.05, 0) is 49.6 Å². The largest absolute Gasteiger partial charge is 0.377 e. The van der Waals surface area contributed by atoms with Crippen LogP contribution in [0.15, 0.2) is 24.3 Å². The summed E-state index contributed by atoms with van der Waals surface area (Å²) in [5.74, 6) is -0.489. The van der Waals surface area contributed by atoms with Gasteiger partial charge >= 0.3 is 0 Å². The molecule has 3 heterocycles. The number of ketones is 1. The first-order valence-corrected chi connectivity index (χ1v) is 13.9. The Bertz CT molecular complexity index is 971. The molecular weight excluding hydrogens is 472 g/mol. The Morgan fingerprint density at radius 2 is 1.78 bits per heavy atom. The number of nitrogens with zero attached hydrogens (tertiary/aromatic N) is 3. The Hall–Kier alpha value is -2.49. The van der Waals surface area contributed by atoms with E-state index in [0.717, 1.165) is 70.5 Å². The van der Waals surface area contributed by atoms with E-state index in [1.54, 1.807) is 12.0 Å². The third kappa shape index (κ3) is 5.40. The fraction of sp³-hybridized carbons (Fsp3) is 0.679. The molecule has 9 nitrogen and oxygen atoms in total. The molecule has 9 heteroatoms. The molecule has 2 amide bonds. The first kappa shape index (κ1) is 26.1. The van der Waals surface area contributed by atoms with E-state index in [4.69, 9.17) is 9.47 Å². The van der Waals surface area contributed by atoms with Gasteiger partial charge in [0.2, 0.25) is 5.91 Å². The second kappa shape index (κ2) is 11.5. The summed E-state index contributed by atoms with van der Waals surface area (Å²) in [4.78, 5) is 46.3. The van der Waals surface area contributed by atoms with Crippen molar-refractivity contribution in [2.45, 2.75) is 63.3 Å². The van der Waals surface area contributed by atoms with Crippen LogP contribution in [-0.4, -0.2) is 105 Å². The molecule has 0 radical (unpaired) electrons. The lowest BCUT2D eigenvalue weighted by Gasteiger charge is -2.35. The smallest absolute Gasteiger partial charge is 0.251 e. The monoisotopic (exact) mass is 512 g/mol. The summed E-state index contributed by atoms with van der Waals surface area (Å²) in [5.41, 5.74) is 1.65. The van der Waals surface area contributed by atoms with E-state index >= 15 is 0 Å². The van der Waals surface area contributed by atoms with Crippen molar-refractivity contribution < 1.29 is 23.9 Å². The number of carbonyl (C=O) groups excluding carboxylic acids is 3. The predicted molar refractivity (Wildman–Crippen MR) is 140 cm³/mol. The molecule has 3 saturated heterocycles. The maximum atomic E-state index is 13.9. The van der Waals surface area contributed by atoms with Crippen molar-refractivity contribution in [3.05, 3.63) is 29.8 Å². The van der Waals surface area contributed by atoms with Gasteiger partial charge in [-0.1, -0.05) is 26.2 Å². The minimum absolute atomic E-state index is 0.000724. The number of carbonyl (C=O) groups is 3. The number of Topliss-reactive ketones (excluding diaryl/α,β-unsaturated/α-hetero) is 1. The first-order chi connectivity index (χ1) is 18.0. The highest BCUT2D eigenvalue weighted by molar-refractivity contribution is 5.99. The second-order valence-corrected chi connectivity index (χ2v) is 10.8. The zero-order chi connectivity index (χ0) is 25.9. The fourth-order valence-electron chi connectivity index (χ4n) is 6.44. The predicted octanol–water partition coefficient (Wildman–Crippen LogP) is 1.70. The summed E-state index contributed by atoms with van der Waals surface area (Å²) < 4.78 is 11.2. The normalized spacial score (nSPS) is 27.8. The summed E-state index contributed by atoms with van der Waals surface area (Å²) in [6, 6.07) is 6.39. The average molecular weight is 513 g/mol. The molecule has 4 aliphatic rings. The Labute approximate surface area is 219 Å². The van der Waals surface area contributed by atoms with Crippen molar-refractivity contribution in [3.63, 3.8) is 0 Å². The van der Waals surface area contributed by atoms with Crippen molar-refractivity contribution in [2.75, 3.05) is 57.9 Å². The molecule has 1 aromatic carbocycles. The molecule has 1 aromatic rings. The van der Waals surface area contributed by atoms with Gasteiger partial charge in [0, 0.05) is 44.5 Å². The van der Waals surface area contributed by atoms with Crippen LogP contribution in [0.5, 0.6) is 0 Å². The van der Waals surface area contributed by atoms with E-state index < -0.39 is 18.2 Å². The highest BCUT2D eigenvalue weighted by Crippen LogP contribution is 2.33. The lowest BCUT2D eigenvalue weighted by Crippen LogP contribution is -2.55. The molecule has 1 aliphatic carbocycles. The van der Waals surface area contributed by atoms with Gasteiger partial charge in [0.15, 0.2) is 5.78 Å². The summed E-state index contributed by atoms with van der Waals surface area (Å²) in [7, 11) is 1.58. The van der Waals surface area contributed by atoms with Gasteiger partial charge in [0.05, 0.1) is 6.54 Å². The Morgan fingerprint density at radius 3 is 2.43 bits per heavy atom. The average Bonchev–Trinajstić information content (AvgIpc) is 3.52. The Morgan fingerprint density at radius 1 is 1.08 bits per heavy atom. The van der Waals surface area contributed by atoms with Crippen LogP contribution in [-0.2, 0) is 19.1 Å². The quantitative estimate of drug-likeness (QED) is 0.595. The molecular formula is C28H40N4O5. The molecule has 0 unspecified atom stereocenters. The standard InChI is InChI=1S/C28H40N4O5/c1-3-30-13-15-31(16-14-30)21-11-9-20(10-12-21)27(34)29-24(19-7-5-4-6-8-19)28(35)32-17-23(36-2)26-25(32)22(33)18-37-26/h9-12,19,23-26H,3-8,13-18H2,1-2H3,(H,29,34)/t23-,24-,25+,26+/m0/s1. The number of fused-ring (bicyclic) bond motifs is 1. The number of piperazine rings is 1. The molecule has 5 rings (SSSR count). The van der Waals surface area contributed by atoms with Crippen LogP contribution in [0.4, 0.5) is 5.69 Å². The topological polar surface area (TPSA) is 91.4 Å². The summed E-state index contributed by atoms with van der Waals surface area (Å²) in [6.07, 6.45) is 4.23. The van der Waals surface area contributed by atoms with Crippen LogP contribution >= 0.6 is 0 Å². The van der Waals surface area contributed by atoms with E-state index in [2.05, 4.69) is 22.0 Å². The van der Waals surface area contributed by atoms with Crippen LogP contribution in [0, 0.1) is 5.92 Å². The second-order valence-electron chi connectivity index (χ2n) is 10.8. The molecule has 0 bridgehead atoms. The van der Waals surface area contributed by atoms with Crippen molar-refractivity contribution in [3.8, 4) is 0 Å². The Kier molecular flexibility index (Phi) is 8.12. The van der Waals surface area contributed by atoms with Crippen molar-refractivity contribution in [1.82, 2.24) is 15.1 Å². The first-order valence-electron chi connectivity index (χ1n) is 13.9. The molecule has 202 valence electrons. The lowest BCUT2D eigenvalue weighted by atomic mass is 9.83. The zero-order valence-electron chi connectivity index (χ0n) is 22.1. The van der Waals surface area contributed by atoms with Crippen molar-refractivity contribution >= 4 is 23.3 Å². The number of anilines is 1. The van der Waals surface area contributed by atoms with E-state index in [-0.39, 0.29) is 36.2 Å². The molecule has 1 N–H and O–H groups in total.